The average molecular weight is 426 g/mol. The molecule has 3 aromatic rings. The smallest absolute Gasteiger partial charge is 0.422 e. The normalized spacial score (nSPS) is 11.3. The van der Waals surface area contributed by atoms with Crippen molar-refractivity contribution in [3.8, 4) is 16.9 Å². The van der Waals surface area contributed by atoms with Gasteiger partial charge in [0.25, 0.3) is 5.91 Å². The minimum Gasteiger partial charge on any atom is -0.482 e. The lowest BCUT2D eigenvalue weighted by atomic mass is 10.0. The molecule has 0 aliphatic heterocycles. The van der Waals surface area contributed by atoms with Crippen molar-refractivity contribution in [1.82, 2.24) is 15.5 Å². The summed E-state index contributed by atoms with van der Waals surface area (Å²) in [5.41, 5.74) is 1.34. The topological polar surface area (TPSA) is 77.2 Å². The minimum absolute atomic E-state index is 0.00882. The number of carbonyl (C=O) groups is 1. The van der Waals surface area contributed by atoms with Gasteiger partial charge in [-0.25, -0.2) is 4.98 Å². The van der Waals surface area contributed by atoms with Crippen LogP contribution in [0.25, 0.3) is 11.1 Å². The zero-order valence-corrected chi connectivity index (χ0v) is 15.8. The van der Waals surface area contributed by atoms with Gasteiger partial charge in [0.05, 0.1) is 12.7 Å². The largest absolute Gasteiger partial charge is 0.482 e. The standard InChI is InChI=1S/C19H15ClF3N3O3/c1-11-6-14(26-29-11)8-25-18(27)16-7-15(12-2-4-13(20)5-3-12)17(9-24-16)28-10-19(21,22)23/h2-7,9H,8,10H2,1H3,(H,25,27). The summed E-state index contributed by atoms with van der Waals surface area (Å²) in [6, 6.07) is 9.41. The van der Waals surface area contributed by atoms with Gasteiger partial charge in [-0.1, -0.05) is 28.9 Å². The summed E-state index contributed by atoms with van der Waals surface area (Å²) in [5.74, 6) is -0.0277. The van der Waals surface area contributed by atoms with Crippen LogP contribution in [-0.4, -0.2) is 28.8 Å². The fourth-order valence-electron chi connectivity index (χ4n) is 2.46. The van der Waals surface area contributed by atoms with Gasteiger partial charge in [0.2, 0.25) is 0 Å². The summed E-state index contributed by atoms with van der Waals surface area (Å²) in [4.78, 5) is 16.3. The highest BCUT2D eigenvalue weighted by Crippen LogP contribution is 2.32. The third-order valence-electron chi connectivity index (χ3n) is 3.75. The minimum atomic E-state index is -4.51. The van der Waals surface area contributed by atoms with Crippen LogP contribution in [0.15, 0.2) is 47.1 Å². The molecule has 10 heteroatoms. The molecule has 3 rings (SSSR count). The van der Waals surface area contributed by atoms with Crippen LogP contribution < -0.4 is 10.1 Å². The summed E-state index contributed by atoms with van der Waals surface area (Å²) in [5, 5.41) is 6.85. The molecular weight excluding hydrogens is 411 g/mol. The van der Waals surface area contributed by atoms with Gasteiger partial charge in [-0.2, -0.15) is 13.2 Å². The fraction of sp³-hybridized carbons (Fsp3) is 0.211. The molecule has 0 fully saturated rings. The summed E-state index contributed by atoms with van der Waals surface area (Å²) in [6.45, 7) is 0.352. The number of ether oxygens (including phenoxy) is 1. The molecule has 0 spiro atoms. The molecule has 0 saturated carbocycles. The van der Waals surface area contributed by atoms with Crippen molar-refractivity contribution in [2.24, 2.45) is 0 Å². The number of hydrogen-bond donors (Lipinski definition) is 1. The van der Waals surface area contributed by atoms with Crippen LogP contribution in [0, 0.1) is 6.92 Å². The third kappa shape index (κ3) is 5.71. The molecular formula is C19H15ClF3N3O3. The van der Waals surface area contributed by atoms with Crippen LogP contribution in [-0.2, 0) is 6.54 Å². The van der Waals surface area contributed by atoms with E-state index >= 15 is 0 Å². The number of hydrogen-bond acceptors (Lipinski definition) is 5. The Kier molecular flexibility index (Phi) is 6.07. The van der Waals surface area contributed by atoms with Crippen LogP contribution in [0.3, 0.4) is 0 Å². The lowest BCUT2D eigenvalue weighted by Crippen LogP contribution is -2.24. The molecule has 29 heavy (non-hydrogen) atoms. The molecule has 0 saturated heterocycles. The van der Waals surface area contributed by atoms with Gasteiger partial charge in [0.1, 0.15) is 22.9 Å². The van der Waals surface area contributed by atoms with Gasteiger partial charge in [-0.15, -0.1) is 0 Å². The van der Waals surface area contributed by atoms with E-state index < -0.39 is 18.7 Å². The number of benzene rings is 1. The number of rotatable bonds is 6. The Labute approximate surface area is 168 Å². The van der Waals surface area contributed by atoms with E-state index in [-0.39, 0.29) is 23.6 Å². The van der Waals surface area contributed by atoms with E-state index in [9.17, 15) is 18.0 Å². The number of nitrogens with zero attached hydrogens (tertiary/aromatic N) is 2. The monoisotopic (exact) mass is 425 g/mol. The predicted molar refractivity (Wildman–Crippen MR) is 98.6 cm³/mol. The average Bonchev–Trinajstić information content (AvgIpc) is 3.09. The van der Waals surface area contributed by atoms with Crippen molar-refractivity contribution >= 4 is 17.5 Å². The Morgan fingerprint density at radius 3 is 2.59 bits per heavy atom. The van der Waals surface area contributed by atoms with Gasteiger partial charge in [-0.3, -0.25) is 4.79 Å². The SMILES string of the molecule is Cc1cc(CNC(=O)c2cc(-c3ccc(Cl)cc3)c(OCC(F)(F)F)cn2)no1. The maximum absolute atomic E-state index is 12.6. The first-order valence-corrected chi connectivity index (χ1v) is 8.75. The highest BCUT2D eigenvalue weighted by Gasteiger charge is 2.29. The number of alkyl halides is 3. The fourth-order valence-corrected chi connectivity index (χ4v) is 2.59. The van der Waals surface area contributed by atoms with E-state index in [0.717, 1.165) is 6.20 Å². The Morgan fingerprint density at radius 1 is 1.24 bits per heavy atom. The van der Waals surface area contributed by atoms with Gasteiger partial charge in [-0.05, 0) is 30.7 Å². The van der Waals surface area contributed by atoms with Crippen molar-refractivity contribution in [2.75, 3.05) is 6.61 Å². The van der Waals surface area contributed by atoms with E-state index in [2.05, 4.69) is 15.5 Å². The molecule has 1 aromatic carbocycles. The summed E-state index contributed by atoms with van der Waals surface area (Å²) in [6.07, 6.45) is -3.42. The number of aryl methyl sites for hydroxylation is 1. The van der Waals surface area contributed by atoms with E-state index in [1.165, 1.54) is 6.07 Å². The predicted octanol–water partition coefficient (Wildman–Crippen LogP) is 4.57. The first kappa shape index (κ1) is 20.7. The Balaban J connectivity index is 1.85. The second-order valence-electron chi connectivity index (χ2n) is 6.09. The molecule has 1 N–H and O–H groups in total. The van der Waals surface area contributed by atoms with E-state index in [1.807, 2.05) is 0 Å². The van der Waals surface area contributed by atoms with Crippen LogP contribution in [0.1, 0.15) is 21.9 Å². The van der Waals surface area contributed by atoms with Crippen molar-refractivity contribution < 1.29 is 27.2 Å². The molecule has 1 amide bonds. The zero-order chi connectivity index (χ0) is 21.0. The van der Waals surface area contributed by atoms with Crippen molar-refractivity contribution in [1.29, 1.82) is 0 Å². The lowest BCUT2D eigenvalue weighted by Gasteiger charge is -2.14. The van der Waals surface area contributed by atoms with E-state index in [4.69, 9.17) is 20.9 Å². The van der Waals surface area contributed by atoms with Crippen molar-refractivity contribution in [3.63, 3.8) is 0 Å². The molecule has 0 atom stereocenters. The summed E-state index contributed by atoms with van der Waals surface area (Å²) in [7, 11) is 0. The van der Waals surface area contributed by atoms with Crippen LogP contribution in [0.4, 0.5) is 13.2 Å². The number of carbonyl (C=O) groups excluding carboxylic acids is 1. The second-order valence-corrected chi connectivity index (χ2v) is 6.52. The quantitative estimate of drug-likeness (QED) is 0.626. The third-order valence-corrected chi connectivity index (χ3v) is 4.01. The van der Waals surface area contributed by atoms with Crippen molar-refractivity contribution in [2.45, 2.75) is 19.6 Å². The number of aromatic nitrogens is 2. The van der Waals surface area contributed by atoms with Crippen LogP contribution >= 0.6 is 11.6 Å². The number of nitrogens with one attached hydrogen (secondary N) is 1. The first-order chi connectivity index (χ1) is 13.7. The van der Waals surface area contributed by atoms with Gasteiger partial charge >= 0.3 is 6.18 Å². The lowest BCUT2D eigenvalue weighted by molar-refractivity contribution is -0.153. The maximum atomic E-state index is 12.6. The highest BCUT2D eigenvalue weighted by molar-refractivity contribution is 6.30. The number of halogens is 4. The van der Waals surface area contributed by atoms with Gasteiger partial charge in [0.15, 0.2) is 6.61 Å². The molecule has 2 heterocycles. The highest BCUT2D eigenvalue weighted by atomic mass is 35.5. The Morgan fingerprint density at radius 2 is 1.97 bits per heavy atom. The molecule has 0 bridgehead atoms. The molecule has 0 aliphatic carbocycles. The Bertz CT molecular complexity index is 1000. The molecule has 152 valence electrons. The second kappa shape index (κ2) is 8.52. The molecule has 6 nitrogen and oxygen atoms in total. The number of amides is 1. The maximum Gasteiger partial charge on any atom is 0.422 e. The Hall–Kier alpha value is -3.07. The van der Waals surface area contributed by atoms with E-state index in [0.29, 0.717) is 22.0 Å². The number of pyridine rings is 1. The first-order valence-electron chi connectivity index (χ1n) is 8.37. The molecule has 2 aromatic heterocycles. The summed E-state index contributed by atoms with van der Waals surface area (Å²) >= 11 is 5.87. The molecule has 0 unspecified atom stereocenters. The van der Waals surface area contributed by atoms with Crippen molar-refractivity contribution in [3.05, 3.63) is 64.8 Å². The molecule has 0 aliphatic rings. The summed E-state index contributed by atoms with van der Waals surface area (Å²) < 4.78 is 47.5. The van der Waals surface area contributed by atoms with Crippen LogP contribution in [0.5, 0.6) is 5.75 Å². The molecule has 0 radical (unpaired) electrons. The van der Waals surface area contributed by atoms with E-state index in [1.54, 1.807) is 37.3 Å². The van der Waals surface area contributed by atoms with Crippen LogP contribution in [0.2, 0.25) is 5.02 Å². The van der Waals surface area contributed by atoms with Gasteiger partial charge in [0, 0.05) is 16.7 Å². The zero-order valence-electron chi connectivity index (χ0n) is 15.1. The van der Waals surface area contributed by atoms with Gasteiger partial charge < -0.3 is 14.6 Å².